The number of aliphatic imine (C=N–C) groups is 1. The molecular formula is C29H35F4N5OS. The fraction of sp³-hybridized carbons (Fsp3) is 0.345. The maximum absolute atomic E-state index is 13.5. The third-order valence-electron chi connectivity index (χ3n) is 5.31. The van der Waals surface area contributed by atoms with Gasteiger partial charge in [-0.15, -0.1) is 24.2 Å². The van der Waals surface area contributed by atoms with E-state index in [-0.39, 0.29) is 12.1 Å². The van der Waals surface area contributed by atoms with E-state index in [1.54, 1.807) is 24.3 Å². The maximum Gasteiger partial charge on any atom is 0.431 e. The van der Waals surface area contributed by atoms with E-state index in [2.05, 4.69) is 48.1 Å². The van der Waals surface area contributed by atoms with Crippen molar-refractivity contribution < 1.29 is 22.4 Å². The van der Waals surface area contributed by atoms with Crippen LogP contribution >= 0.6 is 11.3 Å². The number of terminal acetylenes is 1. The van der Waals surface area contributed by atoms with Crippen molar-refractivity contribution in [3.05, 3.63) is 74.4 Å². The third kappa shape index (κ3) is 12.0. The Bertz CT molecular complexity index is 1220. The van der Waals surface area contributed by atoms with Crippen LogP contribution < -0.4 is 11.1 Å². The first-order valence-electron chi connectivity index (χ1n) is 12.1. The van der Waals surface area contributed by atoms with Crippen molar-refractivity contribution in [2.75, 3.05) is 33.7 Å². The van der Waals surface area contributed by atoms with Crippen molar-refractivity contribution in [2.45, 2.75) is 33.0 Å². The highest BCUT2D eigenvalue weighted by Crippen LogP contribution is 2.31. The van der Waals surface area contributed by atoms with E-state index in [0.29, 0.717) is 0 Å². The van der Waals surface area contributed by atoms with Gasteiger partial charge in [0.25, 0.3) is 0 Å². The van der Waals surface area contributed by atoms with Gasteiger partial charge >= 0.3 is 6.18 Å². The summed E-state index contributed by atoms with van der Waals surface area (Å²) in [5.41, 5.74) is 5.65. The number of nitrogens with zero attached hydrogens (tertiary/aromatic N) is 3. The standard InChI is InChI=1S/C12H12F4N2.C10H12N2S.C5H9NO.C2H2/c1-2-18-7-9(11(17)12(14,15)16)8-5-3-4-6-10(8)13;1-7-8-3-4-12(2)6-10(8)13-9(7)5-11;1-6-4-2-3-5-7;1-2/h3-7H,2,17H2,1H3;3-4,6H2,1-2H3;2-3,5-6H,4H2,1H3;1-2H/b11-9+,18-7?;;3-2-;. The number of hydrogen-bond donors (Lipinski definition) is 2. The van der Waals surface area contributed by atoms with Gasteiger partial charge in [-0.2, -0.15) is 18.4 Å². The predicted octanol–water partition coefficient (Wildman–Crippen LogP) is 5.27. The summed E-state index contributed by atoms with van der Waals surface area (Å²) in [7, 11) is 3.96. The molecule has 0 fully saturated rings. The first-order valence-corrected chi connectivity index (χ1v) is 12.9. The van der Waals surface area contributed by atoms with Crippen LogP contribution in [0.4, 0.5) is 17.6 Å². The number of halogens is 4. The molecule has 40 heavy (non-hydrogen) atoms. The maximum atomic E-state index is 13.5. The molecular weight excluding hydrogens is 542 g/mol. The zero-order valence-electron chi connectivity index (χ0n) is 23.1. The van der Waals surface area contributed by atoms with Gasteiger partial charge in [-0.05, 0) is 57.6 Å². The molecule has 0 aliphatic carbocycles. The molecule has 1 aromatic carbocycles. The van der Waals surface area contributed by atoms with Gasteiger partial charge in [0.15, 0.2) is 0 Å². The van der Waals surface area contributed by atoms with Gasteiger partial charge in [0.2, 0.25) is 0 Å². The molecule has 1 aromatic heterocycles. The van der Waals surface area contributed by atoms with Crippen LogP contribution in [-0.4, -0.2) is 57.3 Å². The van der Waals surface area contributed by atoms with Crippen LogP contribution in [0.3, 0.4) is 0 Å². The number of thiophene rings is 1. The fourth-order valence-electron chi connectivity index (χ4n) is 3.34. The second-order valence-corrected chi connectivity index (χ2v) is 9.22. The molecule has 0 amide bonds. The van der Waals surface area contributed by atoms with E-state index < -0.39 is 23.3 Å². The number of benzene rings is 1. The Kier molecular flexibility index (Phi) is 17.5. The number of alkyl halides is 3. The predicted molar refractivity (Wildman–Crippen MR) is 155 cm³/mol. The first kappa shape index (κ1) is 36.2. The first-order chi connectivity index (χ1) is 19.0. The quantitative estimate of drug-likeness (QED) is 0.160. The highest BCUT2D eigenvalue weighted by Gasteiger charge is 2.34. The van der Waals surface area contributed by atoms with Crippen LogP contribution in [0.1, 0.15) is 33.4 Å². The van der Waals surface area contributed by atoms with Crippen LogP contribution in [0.2, 0.25) is 0 Å². The molecule has 0 radical (unpaired) electrons. The van der Waals surface area contributed by atoms with Crippen molar-refractivity contribution in [1.82, 2.24) is 10.2 Å². The van der Waals surface area contributed by atoms with Crippen molar-refractivity contribution in [1.29, 1.82) is 5.26 Å². The number of rotatable bonds is 6. The molecule has 1 aliphatic heterocycles. The van der Waals surface area contributed by atoms with Gasteiger partial charge in [0.05, 0.1) is 0 Å². The molecule has 2 aromatic rings. The largest absolute Gasteiger partial charge is 0.431 e. The van der Waals surface area contributed by atoms with E-state index in [0.717, 1.165) is 49.5 Å². The summed E-state index contributed by atoms with van der Waals surface area (Å²) in [6, 6.07) is 7.38. The zero-order chi connectivity index (χ0) is 30.7. The number of fused-ring (bicyclic) bond motifs is 1. The molecule has 0 saturated heterocycles. The second-order valence-electron chi connectivity index (χ2n) is 8.11. The Hall–Kier alpha value is -3.77. The molecule has 3 rings (SSSR count). The molecule has 216 valence electrons. The second kappa shape index (κ2) is 19.3. The molecule has 2 heterocycles. The molecule has 0 atom stereocenters. The van der Waals surface area contributed by atoms with E-state index in [9.17, 15) is 22.4 Å². The summed E-state index contributed by atoms with van der Waals surface area (Å²) in [5, 5.41) is 11.7. The van der Waals surface area contributed by atoms with E-state index in [1.807, 2.05) is 7.05 Å². The number of hydrogen-bond acceptors (Lipinski definition) is 7. The van der Waals surface area contributed by atoms with Gasteiger partial charge in [0.1, 0.15) is 28.7 Å². The average Bonchev–Trinajstić information content (AvgIpc) is 3.25. The third-order valence-corrected chi connectivity index (χ3v) is 6.54. The summed E-state index contributed by atoms with van der Waals surface area (Å²) in [6.07, 6.45) is 9.31. The summed E-state index contributed by atoms with van der Waals surface area (Å²) in [5.74, 6) is -0.776. The van der Waals surface area contributed by atoms with Crippen molar-refractivity contribution in [3.63, 3.8) is 0 Å². The lowest BCUT2D eigenvalue weighted by molar-refractivity contribution is -0.104. The number of carbonyl (C=O) groups is 1. The lowest BCUT2D eigenvalue weighted by Crippen LogP contribution is -2.25. The highest BCUT2D eigenvalue weighted by atomic mass is 32.1. The van der Waals surface area contributed by atoms with Crippen LogP contribution in [-0.2, 0) is 17.8 Å². The monoisotopic (exact) mass is 577 g/mol. The van der Waals surface area contributed by atoms with E-state index >= 15 is 0 Å². The minimum Gasteiger partial charge on any atom is -0.394 e. The Labute approximate surface area is 237 Å². The summed E-state index contributed by atoms with van der Waals surface area (Å²) in [4.78, 5) is 17.9. The summed E-state index contributed by atoms with van der Waals surface area (Å²) in [6.45, 7) is 6.90. The smallest absolute Gasteiger partial charge is 0.394 e. The minimum absolute atomic E-state index is 0.218. The summed E-state index contributed by atoms with van der Waals surface area (Å²) >= 11 is 1.66. The van der Waals surface area contributed by atoms with Crippen molar-refractivity contribution >= 4 is 29.4 Å². The lowest BCUT2D eigenvalue weighted by Gasteiger charge is -2.22. The number of allylic oxidation sites excluding steroid dienone is 3. The SMILES string of the molecule is C#C.CCN=C/C(=C(\N)C(F)(F)F)c1ccccc1F.CNC/C=C\C=O.Cc1c(C#N)sc2c1CCN(C)C2. The highest BCUT2D eigenvalue weighted by molar-refractivity contribution is 7.12. The minimum atomic E-state index is -4.72. The number of nitrogens with two attached hydrogens (primary N) is 1. The van der Waals surface area contributed by atoms with Gasteiger partial charge < -0.3 is 16.0 Å². The van der Waals surface area contributed by atoms with Gasteiger partial charge in [-0.1, -0.05) is 24.3 Å². The van der Waals surface area contributed by atoms with Gasteiger partial charge in [-0.25, -0.2) is 4.39 Å². The fourth-order valence-corrected chi connectivity index (χ4v) is 4.57. The van der Waals surface area contributed by atoms with E-state index in [4.69, 9.17) is 11.0 Å². The van der Waals surface area contributed by atoms with Crippen LogP contribution in [0.25, 0.3) is 5.57 Å². The Morgan fingerprint density at radius 1 is 1.32 bits per heavy atom. The Morgan fingerprint density at radius 3 is 2.50 bits per heavy atom. The number of nitriles is 1. The lowest BCUT2D eigenvalue weighted by atomic mass is 10.0. The molecule has 6 nitrogen and oxygen atoms in total. The normalized spacial score (nSPS) is 13.4. The average molecular weight is 578 g/mol. The topological polar surface area (TPSA) is 94.5 Å². The molecule has 1 aliphatic rings. The van der Waals surface area contributed by atoms with Crippen LogP contribution in [0, 0.1) is 36.9 Å². The molecule has 0 unspecified atom stereocenters. The molecule has 0 bridgehead atoms. The molecule has 11 heteroatoms. The van der Waals surface area contributed by atoms with Crippen LogP contribution in [0.5, 0.6) is 0 Å². The summed E-state index contributed by atoms with van der Waals surface area (Å²) < 4.78 is 51.2. The number of aldehydes is 1. The number of nitrogens with one attached hydrogen (secondary N) is 1. The van der Waals surface area contributed by atoms with Gasteiger partial charge in [-0.3, -0.25) is 9.79 Å². The number of carbonyl (C=O) groups excluding carboxylic acids is 1. The Balaban J connectivity index is 0.000000602. The molecule has 0 saturated carbocycles. The molecule has 3 N–H and O–H groups in total. The van der Waals surface area contributed by atoms with Crippen molar-refractivity contribution in [2.24, 2.45) is 10.7 Å². The Morgan fingerprint density at radius 2 is 1.98 bits per heavy atom. The van der Waals surface area contributed by atoms with E-state index in [1.165, 1.54) is 40.3 Å². The zero-order valence-corrected chi connectivity index (χ0v) is 23.9. The van der Waals surface area contributed by atoms with Crippen molar-refractivity contribution in [3.8, 4) is 18.9 Å². The molecule has 0 spiro atoms. The van der Waals surface area contributed by atoms with Gasteiger partial charge in [0, 0.05) is 48.4 Å². The number of likely N-dealkylation sites (N-methyl/N-ethyl adjacent to an activating group) is 2. The van der Waals surface area contributed by atoms with Crippen LogP contribution in [0.15, 0.2) is 47.1 Å².